The first-order valence-corrected chi connectivity index (χ1v) is 6.90. The Morgan fingerprint density at radius 1 is 1.05 bits per heavy atom. The van der Waals surface area contributed by atoms with Crippen LogP contribution in [0.25, 0.3) is 0 Å². The molecule has 3 N–H and O–H groups in total. The molecular formula is C15H14BrF2NO. The zero-order valence-electron chi connectivity index (χ0n) is 10.6. The Morgan fingerprint density at radius 2 is 1.80 bits per heavy atom. The lowest BCUT2D eigenvalue weighted by Gasteiger charge is -2.22. The van der Waals surface area contributed by atoms with Crippen LogP contribution in [0.3, 0.4) is 0 Å². The molecule has 2 aromatic rings. The van der Waals surface area contributed by atoms with Gasteiger partial charge in [-0.1, -0.05) is 34.1 Å². The van der Waals surface area contributed by atoms with Crippen LogP contribution in [-0.4, -0.2) is 11.7 Å². The molecule has 2 aromatic carbocycles. The van der Waals surface area contributed by atoms with Gasteiger partial charge in [0.1, 0.15) is 0 Å². The van der Waals surface area contributed by atoms with Crippen molar-refractivity contribution in [3.05, 3.63) is 69.7 Å². The Hall–Kier alpha value is -1.30. The molecule has 0 saturated carbocycles. The van der Waals surface area contributed by atoms with Gasteiger partial charge in [0.05, 0.1) is 6.10 Å². The lowest BCUT2D eigenvalue weighted by molar-refractivity contribution is 0.147. The van der Waals surface area contributed by atoms with E-state index in [2.05, 4.69) is 15.9 Å². The molecule has 0 spiro atoms. The number of halogens is 3. The number of benzene rings is 2. The predicted molar refractivity (Wildman–Crippen MR) is 77.3 cm³/mol. The molecule has 0 aliphatic carbocycles. The summed E-state index contributed by atoms with van der Waals surface area (Å²) in [6, 6.07) is 10.7. The molecule has 106 valence electrons. The fraction of sp³-hybridized carbons (Fsp3) is 0.200. The Labute approximate surface area is 124 Å². The number of nitrogens with two attached hydrogens (primary N) is 1. The average molecular weight is 342 g/mol. The van der Waals surface area contributed by atoms with Crippen LogP contribution in [0.1, 0.15) is 23.1 Å². The first kappa shape index (κ1) is 15.1. The minimum absolute atomic E-state index is 0.191. The van der Waals surface area contributed by atoms with Crippen LogP contribution in [0.2, 0.25) is 0 Å². The number of hydrogen-bond donors (Lipinski definition) is 2. The maximum atomic E-state index is 13.2. The minimum Gasteiger partial charge on any atom is -0.388 e. The van der Waals surface area contributed by atoms with E-state index in [0.29, 0.717) is 5.56 Å². The van der Waals surface area contributed by atoms with E-state index in [4.69, 9.17) is 5.73 Å². The molecule has 0 saturated heterocycles. The van der Waals surface area contributed by atoms with Crippen LogP contribution in [0.5, 0.6) is 0 Å². The van der Waals surface area contributed by atoms with Crippen LogP contribution in [-0.2, 0) is 0 Å². The molecule has 0 aliphatic rings. The minimum atomic E-state index is -0.996. The van der Waals surface area contributed by atoms with Gasteiger partial charge in [0.25, 0.3) is 0 Å². The summed E-state index contributed by atoms with van der Waals surface area (Å²) in [5.41, 5.74) is 6.86. The van der Waals surface area contributed by atoms with Crippen molar-refractivity contribution in [3.63, 3.8) is 0 Å². The molecule has 0 aliphatic heterocycles. The number of rotatable bonds is 4. The highest BCUT2D eigenvalue weighted by Crippen LogP contribution is 2.31. The third kappa shape index (κ3) is 3.23. The van der Waals surface area contributed by atoms with E-state index in [0.717, 1.165) is 22.2 Å². The highest BCUT2D eigenvalue weighted by molar-refractivity contribution is 9.10. The van der Waals surface area contributed by atoms with Gasteiger partial charge in [-0.3, -0.25) is 0 Å². The lowest BCUT2D eigenvalue weighted by atomic mass is 9.89. The van der Waals surface area contributed by atoms with E-state index in [-0.39, 0.29) is 6.54 Å². The monoisotopic (exact) mass is 341 g/mol. The quantitative estimate of drug-likeness (QED) is 0.893. The molecule has 0 fully saturated rings. The normalized spacial score (nSPS) is 14.1. The summed E-state index contributed by atoms with van der Waals surface area (Å²) < 4.78 is 27.0. The van der Waals surface area contributed by atoms with Crippen LogP contribution in [0, 0.1) is 11.6 Å². The third-order valence-electron chi connectivity index (χ3n) is 3.20. The van der Waals surface area contributed by atoms with Crippen molar-refractivity contribution in [2.45, 2.75) is 12.0 Å². The van der Waals surface area contributed by atoms with Crippen molar-refractivity contribution in [2.24, 2.45) is 5.73 Å². The summed E-state index contributed by atoms with van der Waals surface area (Å²) in [6.07, 6.45) is -0.996. The van der Waals surface area contributed by atoms with Gasteiger partial charge >= 0.3 is 0 Å². The predicted octanol–water partition coefficient (Wildman–Crippen LogP) is 3.50. The van der Waals surface area contributed by atoms with Crippen molar-refractivity contribution in [3.8, 4) is 0 Å². The molecule has 2 atom stereocenters. The summed E-state index contributed by atoms with van der Waals surface area (Å²) in [6.45, 7) is 0.191. The molecule has 0 amide bonds. The fourth-order valence-electron chi connectivity index (χ4n) is 2.11. The second-order valence-electron chi connectivity index (χ2n) is 4.52. The zero-order chi connectivity index (χ0) is 14.7. The Kier molecular flexibility index (Phi) is 4.86. The second kappa shape index (κ2) is 6.43. The molecule has 2 rings (SSSR count). The van der Waals surface area contributed by atoms with Gasteiger partial charge in [-0.15, -0.1) is 0 Å². The molecule has 20 heavy (non-hydrogen) atoms. The summed E-state index contributed by atoms with van der Waals surface area (Å²) in [5.74, 6) is -2.31. The van der Waals surface area contributed by atoms with Gasteiger partial charge in [0, 0.05) is 16.9 Å². The van der Waals surface area contributed by atoms with Gasteiger partial charge in [-0.2, -0.15) is 0 Å². The lowest BCUT2D eigenvalue weighted by Crippen LogP contribution is -2.20. The van der Waals surface area contributed by atoms with Gasteiger partial charge in [0.15, 0.2) is 11.6 Å². The molecule has 0 aromatic heterocycles. The molecule has 5 heteroatoms. The van der Waals surface area contributed by atoms with Crippen LogP contribution < -0.4 is 5.73 Å². The van der Waals surface area contributed by atoms with Gasteiger partial charge < -0.3 is 10.8 Å². The van der Waals surface area contributed by atoms with Crippen molar-refractivity contribution in [1.82, 2.24) is 0 Å². The maximum absolute atomic E-state index is 13.2. The topological polar surface area (TPSA) is 46.2 Å². The van der Waals surface area contributed by atoms with E-state index in [1.54, 1.807) is 0 Å². The Balaban J connectivity index is 2.33. The van der Waals surface area contributed by atoms with Crippen LogP contribution in [0.15, 0.2) is 46.9 Å². The molecule has 2 nitrogen and oxygen atoms in total. The van der Waals surface area contributed by atoms with Gasteiger partial charge in [-0.25, -0.2) is 8.78 Å². The smallest absolute Gasteiger partial charge is 0.159 e. The van der Waals surface area contributed by atoms with Crippen molar-refractivity contribution in [2.75, 3.05) is 6.54 Å². The molecule has 0 radical (unpaired) electrons. The standard InChI is InChI=1S/C15H14BrF2NO/c16-11-3-1-2-9(6-11)12(8-19)15(20)10-4-5-13(17)14(18)7-10/h1-7,12,15,20H,8,19H2. The SMILES string of the molecule is NCC(c1cccc(Br)c1)C(O)c1ccc(F)c(F)c1. The summed E-state index contributed by atoms with van der Waals surface area (Å²) in [7, 11) is 0. The average Bonchev–Trinajstić information content (AvgIpc) is 2.42. The van der Waals surface area contributed by atoms with Gasteiger partial charge in [-0.05, 0) is 35.4 Å². The van der Waals surface area contributed by atoms with E-state index >= 15 is 0 Å². The van der Waals surface area contributed by atoms with Crippen molar-refractivity contribution < 1.29 is 13.9 Å². The Morgan fingerprint density at radius 3 is 2.40 bits per heavy atom. The van der Waals surface area contributed by atoms with Gasteiger partial charge in [0.2, 0.25) is 0 Å². The van der Waals surface area contributed by atoms with Crippen LogP contribution >= 0.6 is 15.9 Å². The molecule has 2 unspecified atom stereocenters. The third-order valence-corrected chi connectivity index (χ3v) is 3.69. The second-order valence-corrected chi connectivity index (χ2v) is 5.43. The van der Waals surface area contributed by atoms with E-state index in [1.807, 2.05) is 24.3 Å². The first-order chi connectivity index (χ1) is 9.52. The van der Waals surface area contributed by atoms with Crippen molar-refractivity contribution in [1.29, 1.82) is 0 Å². The summed E-state index contributed by atoms with van der Waals surface area (Å²) in [4.78, 5) is 0. The number of aliphatic hydroxyl groups is 1. The summed E-state index contributed by atoms with van der Waals surface area (Å²) >= 11 is 3.35. The van der Waals surface area contributed by atoms with E-state index < -0.39 is 23.7 Å². The summed E-state index contributed by atoms with van der Waals surface area (Å²) in [5, 5.41) is 10.4. The Bertz CT molecular complexity index is 606. The molecular weight excluding hydrogens is 328 g/mol. The van der Waals surface area contributed by atoms with Crippen molar-refractivity contribution >= 4 is 15.9 Å². The highest BCUT2D eigenvalue weighted by atomic mass is 79.9. The maximum Gasteiger partial charge on any atom is 0.159 e. The largest absolute Gasteiger partial charge is 0.388 e. The number of aliphatic hydroxyl groups excluding tert-OH is 1. The highest BCUT2D eigenvalue weighted by Gasteiger charge is 2.22. The zero-order valence-corrected chi connectivity index (χ0v) is 12.1. The molecule has 0 bridgehead atoms. The molecule has 0 heterocycles. The van der Waals surface area contributed by atoms with E-state index in [1.165, 1.54) is 6.07 Å². The van der Waals surface area contributed by atoms with E-state index in [9.17, 15) is 13.9 Å². The first-order valence-electron chi connectivity index (χ1n) is 6.11. The van der Waals surface area contributed by atoms with Crippen LogP contribution in [0.4, 0.5) is 8.78 Å². The fourth-order valence-corrected chi connectivity index (χ4v) is 2.53. The number of hydrogen-bond acceptors (Lipinski definition) is 2.